The summed E-state index contributed by atoms with van der Waals surface area (Å²) in [6, 6.07) is 10.1. The number of carbonyl (C=O) groups is 1. The number of anilines is 1. The maximum absolute atomic E-state index is 12.7. The van der Waals surface area contributed by atoms with Crippen LogP contribution in [0.1, 0.15) is 42.2 Å². The van der Waals surface area contributed by atoms with Gasteiger partial charge in [-0.2, -0.15) is 0 Å². The zero-order valence-corrected chi connectivity index (χ0v) is 18.7. The molecule has 0 bridgehead atoms. The number of amides is 1. The van der Waals surface area contributed by atoms with E-state index >= 15 is 0 Å². The molecule has 4 aromatic rings. The first-order valence-electron chi connectivity index (χ1n) is 10.5. The Labute approximate surface area is 184 Å². The molecular weight excluding hydrogens is 408 g/mol. The van der Waals surface area contributed by atoms with Crippen molar-refractivity contribution < 1.29 is 13.9 Å². The SMILES string of the molecule is COc1cc2oc3c(c2cc1/C(C)=C/C(=O)Nc1nc2ccc(C)cc2s1)CCCC3. The third-order valence-corrected chi connectivity index (χ3v) is 6.76. The minimum atomic E-state index is -0.204. The first kappa shape index (κ1) is 19.8. The number of ether oxygens (including phenoxy) is 1. The maximum Gasteiger partial charge on any atom is 0.250 e. The quantitative estimate of drug-likeness (QED) is 0.386. The number of hydrogen-bond donors (Lipinski definition) is 1. The van der Waals surface area contributed by atoms with Crippen LogP contribution >= 0.6 is 11.3 Å². The Kier molecular flexibility index (Phi) is 5.02. The van der Waals surface area contributed by atoms with Crippen molar-refractivity contribution in [1.82, 2.24) is 4.98 Å². The van der Waals surface area contributed by atoms with Gasteiger partial charge in [0.1, 0.15) is 17.1 Å². The summed E-state index contributed by atoms with van der Waals surface area (Å²) in [5, 5.41) is 4.63. The Morgan fingerprint density at radius 3 is 2.90 bits per heavy atom. The summed E-state index contributed by atoms with van der Waals surface area (Å²) < 4.78 is 12.8. The second-order valence-corrected chi connectivity index (χ2v) is 9.10. The molecule has 1 aliphatic rings. The van der Waals surface area contributed by atoms with Gasteiger partial charge in [0.05, 0.1) is 17.3 Å². The highest BCUT2D eigenvalue weighted by atomic mass is 32.1. The maximum atomic E-state index is 12.7. The summed E-state index contributed by atoms with van der Waals surface area (Å²) >= 11 is 1.48. The van der Waals surface area contributed by atoms with E-state index in [1.54, 1.807) is 13.2 Å². The number of thiazole rings is 1. The fourth-order valence-corrected chi connectivity index (χ4v) is 5.23. The number of allylic oxidation sites excluding steroid dienone is 1. The Bertz CT molecular complexity index is 1350. The fourth-order valence-electron chi connectivity index (χ4n) is 4.27. The number of aromatic nitrogens is 1. The van der Waals surface area contributed by atoms with E-state index in [1.165, 1.54) is 35.3 Å². The van der Waals surface area contributed by atoms with Crippen LogP contribution < -0.4 is 10.1 Å². The molecule has 31 heavy (non-hydrogen) atoms. The van der Waals surface area contributed by atoms with Crippen molar-refractivity contribution >= 4 is 49.1 Å². The van der Waals surface area contributed by atoms with Crippen molar-refractivity contribution in [2.75, 3.05) is 12.4 Å². The summed E-state index contributed by atoms with van der Waals surface area (Å²) in [4.78, 5) is 17.2. The van der Waals surface area contributed by atoms with E-state index in [0.29, 0.717) is 10.9 Å². The molecule has 1 N–H and O–H groups in total. The van der Waals surface area contributed by atoms with Gasteiger partial charge in [-0.1, -0.05) is 17.4 Å². The van der Waals surface area contributed by atoms with Crippen molar-refractivity contribution in [2.45, 2.75) is 39.5 Å². The van der Waals surface area contributed by atoms with Crippen LogP contribution in [0.25, 0.3) is 26.8 Å². The summed E-state index contributed by atoms with van der Waals surface area (Å²) in [5.41, 5.74) is 5.96. The van der Waals surface area contributed by atoms with Crippen molar-refractivity contribution in [1.29, 1.82) is 0 Å². The van der Waals surface area contributed by atoms with Crippen molar-refractivity contribution in [3.05, 3.63) is 58.9 Å². The van der Waals surface area contributed by atoms with Crippen LogP contribution in [0.15, 0.2) is 40.8 Å². The van der Waals surface area contributed by atoms with Gasteiger partial charge in [0.15, 0.2) is 5.13 Å². The predicted molar refractivity (Wildman–Crippen MR) is 126 cm³/mol. The van der Waals surface area contributed by atoms with Crippen molar-refractivity contribution in [3.8, 4) is 5.75 Å². The molecule has 1 aliphatic carbocycles. The molecule has 0 unspecified atom stereocenters. The second kappa shape index (κ2) is 7.85. The molecule has 0 atom stereocenters. The molecule has 0 radical (unpaired) electrons. The predicted octanol–water partition coefficient (Wildman–Crippen LogP) is 6.28. The largest absolute Gasteiger partial charge is 0.496 e. The monoisotopic (exact) mass is 432 g/mol. The van der Waals surface area contributed by atoms with E-state index in [9.17, 15) is 4.79 Å². The number of hydrogen-bond acceptors (Lipinski definition) is 5. The number of benzene rings is 2. The van der Waals surface area contributed by atoms with Gasteiger partial charge in [-0.15, -0.1) is 0 Å². The van der Waals surface area contributed by atoms with Gasteiger partial charge in [-0.3, -0.25) is 10.1 Å². The lowest BCUT2D eigenvalue weighted by Crippen LogP contribution is -2.08. The van der Waals surface area contributed by atoms with Gasteiger partial charge in [0.2, 0.25) is 5.91 Å². The summed E-state index contributed by atoms with van der Waals surface area (Å²) in [6.07, 6.45) is 5.98. The van der Waals surface area contributed by atoms with Crippen LogP contribution in [0, 0.1) is 6.92 Å². The van der Waals surface area contributed by atoms with Gasteiger partial charge in [0.25, 0.3) is 0 Å². The molecule has 2 heterocycles. The Morgan fingerprint density at radius 1 is 1.23 bits per heavy atom. The van der Waals surface area contributed by atoms with Crippen molar-refractivity contribution in [3.63, 3.8) is 0 Å². The number of fused-ring (bicyclic) bond motifs is 4. The molecule has 0 saturated heterocycles. The Hall–Kier alpha value is -3.12. The van der Waals surface area contributed by atoms with Gasteiger partial charge in [-0.05, 0) is 62.4 Å². The smallest absolute Gasteiger partial charge is 0.250 e. The third kappa shape index (κ3) is 3.72. The van der Waals surface area contributed by atoms with Gasteiger partial charge in [0, 0.05) is 35.1 Å². The van der Waals surface area contributed by atoms with Crippen LogP contribution in [0.3, 0.4) is 0 Å². The summed E-state index contributed by atoms with van der Waals surface area (Å²) in [7, 11) is 1.64. The Balaban J connectivity index is 1.45. The molecule has 0 fully saturated rings. The lowest BCUT2D eigenvalue weighted by Gasteiger charge is -2.11. The van der Waals surface area contributed by atoms with Gasteiger partial charge < -0.3 is 9.15 Å². The molecule has 0 saturated carbocycles. The van der Waals surface area contributed by atoms with E-state index in [-0.39, 0.29) is 5.91 Å². The standard InChI is InChI=1S/C25H24N2O3S/c1-14-8-9-19-23(10-14)31-25(26-19)27-24(28)11-15(2)17-12-18-16-6-4-5-7-20(16)30-22(18)13-21(17)29-3/h8-13H,4-7H2,1-3H3,(H,26,27,28)/b15-11+. The Morgan fingerprint density at radius 2 is 2.06 bits per heavy atom. The summed E-state index contributed by atoms with van der Waals surface area (Å²) in [6.45, 7) is 3.97. The first-order valence-corrected chi connectivity index (χ1v) is 11.3. The number of aryl methyl sites for hydroxylation is 3. The zero-order chi connectivity index (χ0) is 21.5. The van der Waals surface area contributed by atoms with E-state index in [0.717, 1.165) is 50.9 Å². The zero-order valence-electron chi connectivity index (χ0n) is 17.9. The molecule has 1 amide bonds. The number of nitrogens with zero attached hydrogens (tertiary/aromatic N) is 1. The molecule has 5 rings (SSSR count). The van der Waals surface area contributed by atoms with Crippen LogP contribution in [0.2, 0.25) is 0 Å². The molecule has 5 nitrogen and oxygen atoms in total. The number of nitrogens with one attached hydrogen (secondary N) is 1. The van der Waals surface area contributed by atoms with E-state index < -0.39 is 0 Å². The average Bonchev–Trinajstić information content (AvgIpc) is 3.31. The number of furan rings is 1. The molecule has 6 heteroatoms. The van der Waals surface area contributed by atoms with Crippen LogP contribution in [0.5, 0.6) is 5.75 Å². The molecule has 2 aromatic heterocycles. The molecule has 0 aliphatic heterocycles. The van der Waals surface area contributed by atoms with Crippen LogP contribution in [0.4, 0.5) is 5.13 Å². The normalized spacial score (nSPS) is 14.1. The minimum Gasteiger partial charge on any atom is -0.496 e. The minimum absolute atomic E-state index is 0.204. The summed E-state index contributed by atoms with van der Waals surface area (Å²) in [5.74, 6) is 1.59. The third-order valence-electron chi connectivity index (χ3n) is 5.82. The number of methoxy groups -OCH3 is 1. The second-order valence-electron chi connectivity index (χ2n) is 8.07. The number of rotatable bonds is 4. The lowest BCUT2D eigenvalue weighted by molar-refractivity contribution is -0.111. The first-order chi connectivity index (χ1) is 15.0. The van der Waals surface area contributed by atoms with Gasteiger partial charge in [-0.25, -0.2) is 4.98 Å². The fraction of sp³-hybridized carbons (Fsp3) is 0.280. The lowest BCUT2D eigenvalue weighted by atomic mass is 9.94. The molecule has 158 valence electrons. The average molecular weight is 433 g/mol. The topological polar surface area (TPSA) is 64.4 Å². The van der Waals surface area contributed by atoms with Crippen LogP contribution in [-0.2, 0) is 17.6 Å². The molecule has 0 spiro atoms. The van der Waals surface area contributed by atoms with Crippen LogP contribution in [-0.4, -0.2) is 18.0 Å². The highest BCUT2D eigenvalue weighted by Gasteiger charge is 2.20. The molecular formula is C25H24N2O3S. The highest BCUT2D eigenvalue weighted by molar-refractivity contribution is 7.22. The number of carbonyl (C=O) groups excluding carboxylic acids is 1. The van der Waals surface area contributed by atoms with E-state index in [4.69, 9.17) is 9.15 Å². The highest BCUT2D eigenvalue weighted by Crippen LogP contribution is 2.38. The van der Waals surface area contributed by atoms with Gasteiger partial charge >= 0.3 is 0 Å². The van der Waals surface area contributed by atoms with E-state index in [1.807, 2.05) is 32.0 Å². The van der Waals surface area contributed by atoms with Crippen molar-refractivity contribution in [2.24, 2.45) is 0 Å². The van der Waals surface area contributed by atoms with E-state index in [2.05, 4.69) is 22.4 Å². The molecule has 2 aromatic carbocycles.